The second-order valence-electron chi connectivity index (χ2n) is 4.51. The zero-order valence-electron chi connectivity index (χ0n) is 10.7. The number of carbonyl (C=O) groups is 1. The normalized spacial score (nSPS) is 10.8. The highest BCUT2D eigenvalue weighted by molar-refractivity contribution is 7.16. The number of amides is 1. The smallest absolute Gasteiger partial charge is 0.265 e. The molecule has 3 rings (SSSR count). The van der Waals surface area contributed by atoms with Crippen LogP contribution in [0.3, 0.4) is 0 Å². The zero-order chi connectivity index (χ0) is 13.4. The van der Waals surface area contributed by atoms with E-state index in [1.54, 1.807) is 25.2 Å². The predicted molar refractivity (Wildman–Crippen MR) is 77.4 cm³/mol. The van der Waals surface area contributed by atoms with Gasteiger partial charge in [0.25, 0.3) is 5.91 Å². The minimum absolute atomic E-state index is 0.00790. The summed E-state index contributed by atoms with van der Waals surface area (Å²) in [5.41, 5.74) is 2.14. The number of fused-ring (bicyclic) bond motifs is 1. The second-order valence-corrected chi connectivity index (χ2v) is 5.54. The third-order valence-corrected chi connectivity index (χ3v) is 3.96. The summed E-state index contributed by atoms with van der Waals surface area (Å²) in [7, 11) is 3.49. The fourth-order valence-corrected chi connectivity index (χ4v) is 2.85. The highest BCUT2D eigenvalue weighted by Crippen LogP contribution is 2.28. The lowest BCUT2D eigenvalue weighted by Crippen LogP contribution is -2.20. The molecule has 2 heterocycles. The molecule has 0 saturated heterocycles. The van der Waals surface area contributed by atoms with Crippen LogP contribution >= 0.6 is 11.3 Å². The van der Waals surface area contributed by atoms with Crippen molar-refractivity contribution in [2.45, 2.75) is 0 Å². The van der Waals surface area contributed by atoms with E-state index in [0.29, 0.717) is 4.88 Å². The molecule has 0 bridgehead atoms. The van der Waals surface area contributed by atoms with Crippen LogP contribution in [0.15, 0.2) is 36.7 Å². The number of aromatic nitrogens is 2. The number of thiazole rings is 1. The third-order valence-electron chi connectivity index (χ3n) is 2.92. The lowest BCUT2D eigenvalue weighted by molar-refractivity contribution is 0.0832. The molecular formula is C14H13N3OS. The van der Waals surface area contributed by atoms with Gasteiger partial charge in [-0.3, -0.25) is 4.79 Å². The van der Waals surface area contributed by atoms with Gasteiger partial charge in [0, 0.05) is 36.8 Å². The Balaban J connectivity index is 1.99. The minimum Gasteiger partial charge on any atom is -0.361 e. The number of benzene rings is 1. The van der Waals surface area contributed by atoms with E-state index in [2.05, 4.69) is 16.0 Å². The van der Waals surface area contributed by atoms with Crippen LogP contribution in [0, 0.1) is 0 Å². The number of hydrogen-bond acceptors (Lipinski definition) is 3. The molecule has 0 spiro atoms. The van der Waals surface area contributed by atoms with Crippen molar-refractivity contribution in [3.63, 3.8) is 0 Å². The van der Waals surface area contributed by atoms with E-state index < -0.39 is 0 Å². The predicted octanol–water partition coefficient (Wildman–Crippen LogP) is 2.99. The van der Waals surface area contributed by atoms with Crippen molar-refractivity contribution in [3.8, 4) is 10.6 Å². The molecule has 0 radical (unpaired) electrons. The van der Waals surface area contributed by atoms with Crippen LogP contribution in [-0.4, -0.2) is 34.9 Å². The molecule has 1 N–H and O–H groups in total. The Labute approximate surface area is 114 Å². The molecule has 2 aromatic heterocycles. The molecule has 1 aromatic carbocycles. The van der Waals surface area contributed by atoms with Crippen molar-refractivity contribution < 1.29 is 4.79 Å². The van der Waals surface area contributed by atoms with Gasteiger partial charge >= 0.3 is 0 Å². The molecule has 0 aliphatic rings. The first kappa shape index (κ1) is 11.9. The number of hydrogen-bond donors (Lipinski definition) is 1. The van der Waals surface area contributed by atoms with Crippen LogP contribution in [0.4, 0.5) is 0 Å². The van der Waals surface area contributed by atoms with Crippen LogP contribution in [0.2, 0.25) is 0 Å². The van der Waals surface area contributed by atoms with Gasteiger partial charge in [0.05, 0.1) is 6.20 Å². The monoisotopic (exact) mass is 271 g/mol. The Morgan fingerprint density at radius 3 is 2.95 bits per heavy atom. The topological polar surface area (TPSA) is 49.0 Å². The van der Waals surface area contributed by atoms with Crippen molar-refractivity contribution in [2.75, 3.05) is 14.1 Å². The third kappa shape index (κ3) is 2.13. The molecule has 5 heteroatoms. The summed E-state index contributed by atoms with van der Waals surface area (Å²) in [6.45, 7) is 0. The van der Waals surface area contributed by atoms with Gasteiger partial charge in [-0.2, -0.15) is 0 Å². The van der Waals surface area contributed by atoms with Crippen molar-refractivity contribution in [3.05, 3.63) is 41.5 Å². The first-order chi connectivity index (χ1) is 9.15. The first-order valence-corrected chi connectivity index (χ1v) is 6.72. The van der Waals surface area contributed by atoms with E-state index in [0.717, 1.165) is 21.5 Å². The van der Waals surface area contributed by atoms with Crippen LogP contribution in [0.5, 0.6) is 0 Å². The molecule has 1 amide bonds. The molecule has 19 heavy (non-hydrogen) atoms. The summed E-state index contributed by atoms with van der Waals surface area (Å²) in [5, 5.41) is 2.02. The maximum atomic E-state index is 11.9. The molecule has 0 aliphatic heterocycles. The van der Waals surface area contributed by atoms with Crippen LogP contribution in [0.1, 0.15) is 9.67 Å². The van der Waals surface area contributed by atoms with E-state index in [1.165, 1.54) is 11.3 Å². The van der Waals surface area contributed by atoms with Crippen molar-refractivity contribution in [1.29, 1.82) is 0 Å². The van der Waals surface area contributed by atoms with Crippen LogP contribution in [-0.2, 0) is 0 Å². The molecular weight excluding hydrogens is 258 g/mol. The lowest BCUT2D eigenvalue weighted by atomic mass is 10.2. The summed E-state index contributed by atoms with van der Waals surface area (Å²) in [4.78, 5) is 21.6. The highest BCUT2D eigenvalue weighted by Gasteiger charge is 2.13. The summed E-state index contributed by atoms with van der Waals surface area (Å²) >= 11 is 1.42. The maximum absolute atomic E-state index is 11.9. The van der Waals surface area contributed by atoms with Gasteiger partial charge < -0.3 is 9.88 Å². The quantitative estimate of drug-likeness (QED) is 0.779. The molecule has 0 atom stereocenters. The lowest BCUT2D eigenvalue weighted by Gasteiger charge is -2.06. The minimum atomic E-state index is -0.00790. The zero-order valence-corrected chi connectivity index (χ0v) is 11.5. The van der Waals surface area contributed by atoms with Gasteiger partial charge in [0.1, 0.15) is 9.88 Å². The summed E-state index contributed by atoms with van der Waals surface area (Å²) in [6.07, 6.45) is 3.56. The van der Waals surface area contributed by atoms with E-state index >= 15 is 0 Å². The average molecular weight is 271 g/mol. The SMILES string of the molecule is CN(C)C(=O)c1cnc(-c2ccc3[nH]ccc3c2)s1. The number of aromatic amines is 1. The second kappa shape index (κ2) is 4.51. The Bertz CT molecular complexity index is 742. The average Bonchev–Trinajstić information content (AvgIpc) is 3.05. The Kier molecular flexibility index (Phi) is 2.83. The fourth-order valence-electron chi connectivity index (χ4n) is 1.91. The number of H-pyrrole nitrogens is 1. The Morgan fingerprint density at radius 1 is 1.32 bits per heavy atom. The van der Waals surface area contributed by atoms with Gasteiger partial charge in [-0.1, -0.05) is 0 Å². The van der Waals surface area contributed by atoms with Crippen molar-refractivity contribution in [2.24, 2.45) is 0 Å². The largest absolute Gasteiger partial charge is 0.361 e. The number of rotatable bonds is 2. The fraction of sp³-hybridized carbons (Fsp3) is 0.143. The highest BCUT2D eigenvalue weighted by atomic mass is 32.1. The van der Waals surface area contributed by atoms with Gasteiger partial charge in [-0.25, -0.2) is 4.98 Å². The van der Waals surface area contributed by atoms with Crippen molar-refractivity contribution in [1.82, 2.24) is 14.9 Å². The first-order valence-electron chi connectivity index (χ1n) is 5.90. The Hall–Kier alpha value is -2.14. The number of nitrogens with zero attached hydrogens (tertiary/aromatic N) is 2. The molecule has 4 nitrogen and oxygen atoms in total. The van der Waals surface area contributed by atoms with Crippen molar-refractivity contribution >= 4 is 28.1 Å². The van der Waals surface area contributed by atoms with E-state index in [1.807, 2.05) is 24.4 Å². The molecule has 96 valence electrons. The van der Waals surface area contributed by atoms with Crippen LogP contribution < -0.4 is 0 Å². The standard InChI is InChI=1S/C14H13N3OS/c1-17(2)14(18)12-8-16-13(19-12)10-3-4-11-9(7-10)5-6-15-11/h3-8,15H,1-2H3. The maximum Gasteiger partial charge on any atom is 0.265 e. The number of carbonyl (C=O) groups excluding carboxylic acids is 1. The molecule has 3 aromatic rings. The Morgan fingerprint density at radius 2 is 2.16 bits per heavy atom. The van der Waals surface area contributed by atoms with Crippen LogP contribution in [0.25, 0.3) is 21.5 Å². The van der Waals surface area contributed by atoms with Gasteiger partial charge in [-0.05, 0) is 24.3 Å². The molecule has 0 unspecified atom stereocenters. The number of nitrogens with one attached hydrogen (secondary N) is 1. The summed E-state index contributed by atoms with van der Waals surface area (Å²) < 4.78 is 0. The molecule has 0 fully saturated rings. The van der Waals surface area contributed by atoms with Gasteiger partial charge in [-0.15, -0.1) is 11.3 Å². The van der Waals surface area contributed by atoms with Gasteiger partial charge in [0.15, 0.2) is 0 Å². The molecule has 0 saturated carbocycles. The van der Waals surface area contributed by atoms with E-state index in [9.17, 15) is 4.79 Å². The summed E-state index contributed by atoms with van der Waals surface area (Å²) in [5.74, 6) is -0.00790. The summed E-state index contributed by atoms with van der Waals surface area (Å²) in [6, 6.07) is 8.15. The van der Waals surface area contributed by atoms with E-state index in [4.69, 9.17) is 0 Å². The van der Waals surface area contributed by atoms with E-state index in [-0.39, 0.29) is 5.91 Å². The molecule has 0 aliphatic carbocycles. The van der Waals surface area contributed by atoms with Gasteiger partial charge in [0.2, 0.25) is 0 Å².